The molecule has 0 N–H and O–H groups in total. The summed E-state index contributed by atoms with van der Waals surface area (Å²) in [6.07, 6.45) is 6.29. The van der Waals surface area contributed by atoms with Crippen molar-refractivity contribution in [2.24, 2.45) is 11.8 Å². The molecule has 4 nitrogen and oxygen atoms in total. The predicted molar refractivity (Wildman–Crippen MR) is 112 cm³/mol. The van der Waals surface area contributed by atoms with E-state index in [4.69, 9.17) is 9.97 Å². The Kier molecular flexibility index (Phi) is 5.61. The average Bonchev–Trinajstić information content (AvgIpc) is 2.69. The molecule has 0 bridgehead atoms. The van der Waals surface area contributed by atoms with Crippen LogP contribution in [0.25, 0.3) is 0 Å². The Hall–Kier alpha value is -2.10. The van der Waals surface area contributed by atoms with Gasteiger partial charge in [0.25, 0.3) is 0 Å². The molecule has 1 unspecified atom stereocenters. The fraction of sp³-hybridized carbons (Fsp3) is 0.565. The Balaban J connectivity index is 1.40. The second-order valence-electron chi connectivity index (χ2n) is 8.45. The second-order valence-corrected chi connectivity index (χ2v) is 8.45. The van der Waals surface area contributed by atoms with Crippen molar-refractivity contribution < 1.29 is 0 Å². The molecular formula is C23H32N4. The number of aromatic nitrogens is 2. The Morgan fingerprint density at radius 3 is 2.33 bits per heavy atom. The molecule has 2 fully saturated rings. The standard InChI is InChI=1S/C23H32N4/c1-18-7-6-12-27(17-18)23-16-22(24-19(2)25-23)26-13-10-21(11-14-26)15-20-8-4-3-5-9-20/h3-5,8-9,16,18,21H,6-7,10-15,17H2,1-2H3. The van der Waals surface area contributed by atoms with Gasteiger partial charge >= 0.3 is 0 Å². The van der Waals surface area contributed by atoms with Crippen LogP contribution in [0.5, 0.6) is 0 Å². The lowest BCUT2D eigenvalue weighted by atomic mass is 9.90. The van der Waals surface area contributed by atoms with Crippen molar-refractivity contribution in [3.63, 3.8) is 0 Å². The second kappa shape index (κ2) is 8.28. The lowest BCUT2D eigenvalue weighted by Crippen LogP contribution is -2.37. The summed E-state index contributed by atoms with van der Waals surface area (Å²) in [5.41, 5.74) is 1.47. The van der Waals surface area contributed by atoms with Crippen LogP contribution in [0.1, 0.15) is 44.0 Å². The van der Waals surface area contributed by atoms with E-state index in [1.165, 1.54) is 37.7 Å². The largest absolute Gasteiger partial charge is 0.356 e. The van der Waals surface area contributed by atoms with Crippen LogP contribution in [-0.4, -0.2) is 36.1 Å². The Labute approximate surface area is 163 Å². The molecule has 4 heteroatoms. The van der Waals surface area contributed by atoms with E-state index in [1.54, 1.807) is 0 Å². The lowest BCUT2D eigenvalue weighted by Gasteiger charge is -2.35. The summed E-state index contributed by atoms with van der Waals surface area (Å²) in [5, 5.41) is 0. The van der Waals surface area contributed by atoms with E-state index >= 15 is 0 Å². The van der Waals surface area contributed by atoms with Gasteiger partial charge in [0.1, 0.15) is 17.5 Å². The van der Waals surface area contributed by atoms with Crippen LogP contribution >= 0.6 is 0 Å². The first-order chi connectivity index (χ1) is 13.2. The highest BCUT2D eigenvalue weighted by molar-refractivity contribution is 5.51. The number of rotatable bonds is 4. The minimum Gasteiger partial charge on any atom is -0.356 e. The van der Waals surface area contributed by atoms with E-state index in [1.807, 2.05) is 6.92 Å². The highest BCUT2D eigenvalue weighted by Gasteiger charge is 2.23. The summed E-state index contributed by atoms with van der Waals surface area (Å²) in [4.78, 5) is 14.4. The maximum atomic E-state index is 4.77. The van der Waals surface area contributed by atoms with E-state index in [9.17, 15) is 0 Å². The number of anilines is 2. The summed E-state index contributed by atoms with van der Waals surface area (Å²) < 4.78 is 0. The highest BCUT2D eigenvalue weighted by Crippen LogP contribution is 2.28. The summed E-state index contributed by atoms with van der Waals surface area (Å²) in [7, 11) is 0. The summed E-state index contributed by atoms with van der Waals surface area (Å²) in [5.74, 6) is 4.68. The van der Waals surface area contributed by atoms with Gasteiger partial charge in [-0.2, -0.15) is 0 Å². The molecular weight excluding hydrogens is 332 g/mol. The average molecular weight is 365 g/mol. The van der Waals surface area contributed by atoms with Crippen molar-refractivity contribution >= 4 is 11.6 Å². The van der Waals surface area contributed by atoms with Crippen molar-refractivity contribution in [2.45, 2.75) is 46.0 Å². The van der Waals surface area contributed by atoms with Crippen molar-refractivity contribution in [1.29, 1.82) is 0 Å². The van der Waals surface area contributed by atoms with E-state index in [0.717, 1.165) is 55.5 Å². The van der Waals surface area contributed by atoms with Crippen LogP contribution in [-0.2, 0) is 6.42 Å². The summed E-state index contributed by atoms with van der Waals surface area (Å²) >= 11 is 0. The third kappa shape index (κ3) is 4.60. The normalized spacial score (nSPS) is 21.5. The maximum absolute atomic E-state index is 4.77. The molecule has 0 aliphatic carbocycles. The Morgan fingerprint density at radius 2 is 1.63 bits per heavy atom. The molecule has 0 radical (unpaired) electrons. The topological polar surface area (TPSA) is 32.3 Å². The van der Waals surface area contributed by atoms with Crippen LogP contribution in [0, 0.1) is 18.8 Å². The molecule has 2 aromatic rings. The van der Waals surface area contributed by atoms with E-state index in [-0.39, 0.29) is 0 Å². The first-order valence-electron chi connectivity index (χ1n) is 10.6. The van der Waals surface area contributed by atoms with Gasteiger partial charge in [-0.1, -0.05) is 37.3 Å². The van der Waals surface area contributed by atoms with Gasteiger partial charge in [0.15, 0.2) is 0 Å². The number of benzene rings is 1. The molecule has 0 amide bonds. The van der Waals surface area contributed by atoms with Crippen LogP contribution in [0.15, 0.2) is 36.4 Å². The fourth-order valence-corrected chi connectivity index (χ4v) is 4.57. The number of nitrogens with zero attached hydrogens (tertiary/aromatic N) is 4. The maximum Gasteiger partial charge on any atom is 0.134 e. The molecule has 1 aromatic carbocycles. The monoisotopic (exact) mass is 364 g/mol. The number of hydrogen-bond acceptors (Lipinski definition) is 4. The lowest BCUT2D eigenvalue weighted by molar-refractivity contribution is 0.402. The van der Waals surface area contributed by atoms with Crippen LogP contribution in [0.3, 0.4) is 0 Å². The highest BCUT2D eigenvalue weighted by atomic mass is 15.2. The molecule has 2 aliphatic rings. The van der Waals surface area contributed by atoms with Crippen molar-refractivity contribution in [2.75, 3.05) is 36.0 Å². The first kappa shape index (κ1) is 18.3. The summed E-state index contributed by atoms with van der Waals surface area (Å²) in [6.45, 7) is 8.82. The van der Waals surface area contributed by atoms with Gasteiger partial charge in [0.2, 0.25) is 0 Å². The van der Waals surface area contributed by atoms with Gasteiger partial charge in [0.05, 0.1) is 0 Å². The Morgan fingerprint density at radius 1 is 0.926 bits per heavy atom. The van der Waals surface area contributed by atoms with E-state index < -0.39 is 0 Å². The minimum atomic E-state index is 0.756. The number of aryl methyl sites for hydroxylation is 1. The fourth-order valence-electron chi connectivity index (χ4n) is 4.57. The number of piperidine rings is 2. The molecule has 2 saturated heterocycles. The third-order valence-corrected chi connectivity index (χ3v) is 6.10. The van der Waals surface area contributed by atoms with Crippen molar-refractivity contribution in [3.8, 4) is 0 Å². The van der Waals surface area contributed by atoms with Crippen LogP contribution < -0.4 is 9.80 Å². The molecule has 3 heterocycles. The minimum absolute atomic E-state index is 0.756. The van der Waals surface area contributed by atoms with Gasteiger partial charge in [-0.15, -0.1) is 0 Å². The molecule has 1 aromatic heterocycles. The molecule has 144 valence electrons. The van der Waals surface area contributed by atoms with Gasteiger partial charge in [-0.25, -0.2) is 9.97 Å². The van der Waals surface area contributed by atoms with Crippen molar-refractivity contribution in [1.82, 2.24) is 9.97 Å². The van der Waals surface area contributed by atoms with Gasteiger partial charge in [-0.3, -0.25) is 0 Å². The molecule has 4 rings (SSSR count). The van der Waals surface area contributed by atoms with Crippen molar-refractivity contribution in [3.05, 3.63) is 47.8 Å². The third-order valence-electron chi connectivity index (χ3n) is 6.10. The quantitative estimate of drug-likeness (QED) is 0.801. The molecule has 0 saturated carbocycles. The van der Waals surface area contributed by atoms with Gasteiger partial charge in [-0.05, 0) is 56.4 Å². The molecule has 2 aliphatic heterocycles. The van der Waals surface area contributed by atoms with Crippen LogP contribution in [0.4, 0.5) is 11.6 Å². The zero-order chi connectivity index (χ0) is 18.6. The molecule has 1 atom stereocenters. The van der Waals surface area contributed by atoms with Crippen LogP contribution in [0.2, 0.25) is 0 Å². The molecule has 0 spiro atoms. The SMILES string of the molecule is Cc1nc(N2CCC(Cc3ccccc3)CC2)cc(N2CCCC(C)C2)n1. The van der Waals surface area contributed by atoms with E-state index in [0.29, 0.717) is 0 Å². The number of hydrogen-bond donors (Lipinski definition) is 0. The summed E-state index contributed by atoms with van der Waals surface area (Å²) in [6, 6.07) is 13.1. The van der Waals surface area contributed by atoms with Gasteiger partial charge in [0, 0.05) is 32.2 Å². The zero-order valence-corrected chi connectivity index (χ0v) is 16.8. The molecule has 27 heavy (non-hydrogen) atoms. The van der Waals surface area contributed by atoms with Gasteiger partial charge < -0.3 is 9.80 Å². The van der Waals surface area contributed by atoms with E-state index in [2.05, 4.69) is 53.1 Å². The predicted octanol–water partition coefficient (Wildman–Crippen LogP) is 4.48. The Bertz CT molecular complexity index is 737. The smallest absolute Gasteiger partial charge is 0.134 e. The first-order valence-corrected chi connectivity index (χ1v) is 10.6. The zero-order valence-electron chi connectivity index (χ0n) is 16.8.